The van der Waals surface area contributed by atoms with Gasteiger partial charge in [0.2, 0.25) is 0 Å². The molecule has 0 aromatic heterocycles. The third kappa shape index (κ3) is 3.77. The van der Waals surface area contributed by atoms with Crippen LogP contribution in [0.1, 0.15) is 6.92 Å². The minimum absolute atomic E-state index is 0.224. The second-order valence-electron chi connectivity index (χ2n) is 1.14. The maximum absolute atomic E-state index is 10.3. The molecular weight excluding hydrogens is 144 g/mol. The highest BCUT2D eigenvalue weighted by Gasteiger charge is 2.00. The van der Waals surface area contributed by atoms with Gasteiger partial charge in [-0.1, -0.05) is 6.92 Å². The second kappa shape index (κ2) is 3.29. The molecule has 0 amide bonds. The Hall–Kier alpha value is -0.780. The first-order valence-electron chi connectivity index (χ1n) is 2.18. The Morgan fingerprint density at radius 3 is 2.67 bits per heavy atom. The zero-order valence-electron chi connectivity index (χ0n) is 4.77. The highest BCUT2D eigenvalue weighted by Crippen LogP contribution is 1.83. The molecule has 0 heterocycles. The molecule has 0 rings (SSSR count). The average molecular weight is 150 g/mol. The van der Waals surface area contributed by atoms with E-state index in [-0.39, 0.29) is 6.54 Å². The summed E-state index contributed by atoms with van der Waals surface area (Å²) in [5.74, 6) is 0. The molecule has 0 saturated heterocycles. The van der Waals surface area contributed by atoms with Gasteiger partial charge in [0.15, 0.2) is 0 Å². The minimum atomic E-state index is -3.72. The van der Waals surface area contributed by atoms with Gasteiger partial charge in [0.25, 0.3) is 10.2 Å². The Bertz CT molecular complexity index is 213. The van der Waals surface area contributed by atoms with Crippen molar-refractivity contribution in [2.24, 2.45) is 4.52 Å². The summed E-state index contributed by atoms with van der Waals surface area (Å²) in [7, 11) is -3.72. The van der Waals surface area contributed by atoms with Crippen molar-refractivity contribution in [1.82, 2.24) is 4.72 Å². The van der Waals surface area contributed by atoms with Crippen molar-refractivity contribution in [1.29, 1.82) is 0 Å². The van der Waals surface area contributed by atoms with E-state index >= 15 is 0 Å². The summed E-state index contributed by atoms with van der Waals surface area (Å²) in [4.78, 5) is 2.10. The Morgan fingerprint density at radius 2 is 2.33 bits per heavy atom. The van der Waals surface area contributed by atoms with Gasteiger partial charge in [0.05, 0.1) is 0 Å². The van der Waals surface area contributed by atoms with Gasteiger partial charge in [-0.25, -0.2) is 13.1 Å². The zero-order chi connectivity index (χ0) is 7.33. The first-order chi connectivity index (χ1) is 4.12. The van der Waals surface area contributed by atoms with E-state index in [2.05, 4.69) is 9.43 Å². The Morgan fingerprint density at radius 1 is 1.78 bits per heavy atom. The van der Waals surface area contributed by atoms with E-state index < -0.39 is 10.2 Å². The lowest BCUT2D eigenvalue weighted by Gasteiger charge is -1.91. The highest BCUT2D eigenvalue weighted by atomic mass is 32.2. The summed E-state index contributed by atoms with van der Waals surface area (Å²) < 4.78 is 25.1. The van der Waals surface area contributed by atoms with Gasteiger partial charge in [0.1, 0.15) is 0 Å². The lowest BCUT2D eigenvalue weighted by atomic mass is 10.8. The molecule has 52 valence electrons. The van der Waals surface area contributed by atoms with Crippen LogP contribution in [-0.2, 0) is 10.2 Å². The fourth-order valence-corrected chi connectivity index (χ4v) is 0.778. The number of hydrogen-bond acceptors (Lipinski definition) is 2. The minimum Gasteiger partial charge on any atom is -0.209 e. The van der Waals surface area contributed by atoms with Crippen molar-refractivity contribution in [3.8, 4) is 0 Å². The Labute approximate surface area is 52.7 Å². The number of hydrogen-bond donors (Lipinski definition) is 1. The molecule has 9 heavy (non-hydrogen) atoms. The van der Waals surface area contributed by atoms with Gasteiger partial charge >= 0.3 is 0 Å². The fourth-order valence-electron chi connectivity index (χ4n) is 0.259. The monoisotopic (exact) mass is 150 g/mol. The van der Waals surface area contributed by atoms with Crippen LogP contribution in [0, 0.1) is 0 Å². The predicted octanol–water partition coefficient (Wildman–Crippen LogP) is 0.151. The number of azide groups is 1. The van der Waals surface area contributed by atoms with Crippen molar-refractivity contribution in [2.75, 3.05) is 6.54 Å². The van der Waals surface area contributed by atoms with E-state index in [1.165, 1.54) is 0 Å². The highest BCUT2D eigenvalue weighted by molar-refractivity contribution is 7.88. The molecule has 0 saturated carbocycles. The van der Waals surface area contributed by atoms with Gasteiger partial charge in [-0.2, -0.15) is 0 Å². The molecule has 0 aromatic rings. The zero-order valence-corrected chi connectivity index (χ0v) is 5.59. The molecule has 0 atom stereocenters. The molecule has 0 aliphatic carbocycles. The fraction of sp³-hybridized carbons (Fsp3) is 1.00. The van der Waals surface area contributed by atoms with E-state index in [1.807, 2.05) is 4.72 Å². The lowest BCUT2D eigenvalue weighted by molar-refractivity contribution is 0.585. The molecule has 0 aliphatic heterocycles. The van der Waals surface area contributed by atoms with Crippen LogP contribution in [0.3, 0.4) is 0 Å². The van der Waals surface area contributed by atoms with Crippen LogP contribution in [0.2, 0.25) is 0 Å². The second-order valence-corrected chi connectivity index (χ2v) is 2.55. The molecule has 1 N–H and O–H groups in total. The van der Waals surface area contributed by atoms with Crippen LogP contribution < -0.4 is 4.72 Å². The third-order valence-electron chi connectivity index (χ3n) is 0.471. The summed E-state index contributed by atoms with van der Waals surface area (Å²) in [6.07, 6.45) is 0. The smallest absolute Gasteiger partial charge is 0.209 e. The molecule has 7 heteroatoms. The maximum Gasteiger partial charge on any atom is 0.300 e. The standard InChI is InChI=1S/C2H6N4O2S/c1-2-4-9(7,8)6-5-3/h4H,2H2,1H3. The van der Waals surface area contributed by atoms with Gasteiger partial charge < -0.3 is 0 Å². The van der Waals surface area contributed by atoms with Crippen LogP contribution in [0.5, 0.6) is 0 Å². The molecule has 0 spiro atoms. The molecule has 0 fully saturated rings. The molecule has 0 radical (unpaired) electrons. The third-order valence-corrected chi connectivity index (χ3v) is 1.41. The molecule has 0 aromatic carbocycles. The molecule has 0 aliphatic rings. The summed E-state index contributed by atoms with van der Waals surface area (Å²) in [5.41, 5.74) is 7.67. The Balaban J connectivity index is 4.22. The lowest BCUT2D eigenvalue weighted by Crippen LogP contribution is -2.19. The van der Waals surface area contributed by atoms with Crippen LogP contribution in [0.15, 0.2) is 4.52 Å². The van der Waals surface area contributed by atoms with Gasteiger partial charge in [-0.3, -0.25) is 0 Å². The summed E-state index contributed by atoms with van der Waals surface area (Å²) in [6, 6.07) is 0. The largest absolute Gasteiger partial charge is 0.300 e. The summed E-state index contributed by atoms with van der Waals surface area (Å²) in [6.45, 7) is 1.81. The van der Waals surface area contributed by atoms with E-state index in [0.717, 1.165) is 0 Å². The number of rotatable bonds is 3. The number of nitrogens with zero attached hydrogens (tertiary/aromatic N) is 3. The van der Waals surface area contributed by atoms with Gasteiger partial charge in [-0.05, 0) is 5.53 Å². The maximum atomic E-state index is 10.3. The van der Waals surface area contributed by atoms with Crippen molar-refractivity contribution < 1.29 is 8.42 Å². The number of nitrogens with one attached hydrogen (secondary N) is 1. The summed E-state index contributed by atoms with van der Waals surface area (Å²) >= 11 is 0. The predicted molar refractivity (Wildman–Crippen MR) is 31.7 cm³/mol. The molecule has 0 bridgehead atoms. The normalized spacial score (nSPS) is 10.3. The van der Waals surface area contributed by atoms with Crippen molar-refractivity contribution in [3.63, 3.8) is 0 Å². The first kappa shape index (κ1) is 8.22. The van der Waals surface area contributed by atoms with Crippen molar-refractivity contribution in [2.45, 2.75) is 6.92 Å². The van der Waals surface area contributed by atoms with Crippen molar-refractivity contribution >= 4 is 10.2 Å². The van der Waals surface area contributed by atoms with E-state index in [0.29, 0.717) is 0 Å². The van der Waals surface area contributed by atoms with E-state index in [9.17, 15) is 8.42 Å². The van der Waals surface area contributed by atoms with Crippen LogP contribution in [-0.4, -0.2) is 15.0 Å². The van der Waals surface area contributed by atoms with Crippen LogP contribution in [0.4, 0.5) is 0 Å². The molecular formula is C2H6N4O2S. The quantitative estimate of drug-likeness (QED) is 0.352. The Kier molecular flexibility index (Phi) is 3.00. The molecule has 6 nitrogen and oxygen atoms in total. The topological polar surface area (TPSA) is 94.9 Å². The molecule has 0 unspecified atom stereocenters. The SMILES string of the molecule is CCNS(=O)(=O)N=[N+]=[N-]. The van der Waals surface area contributed by atoms with Crippen LogP contribution in [0.25, 0.3) is 10.4 Å². The van der Waals surface area contributed by atoms with E-state index in [4.69, 9.17) is 5.53 Å². The first-order valence-corrected chi connectivity index (χ1v) is 3.62. The van der Waals surface area contributed by atoms with Crippen molar-refractivity contribution in [3.05, 3.63) is 10.4 Å². The van der Waals surface area contributed by atoms with Gasteiger partial charge in [0, 0.05) is 16.0 Å². The van der Waals surface area contributed by atoms with Crippen LogP contribution >= 0.6 is 0 Å². The average Bonchev–Trinajstić information content (AvgIpc) is 1.64. The summed E-state index contributed by atoms with van der Waals surface area (Å²) in [5, 5.41) is 0. The van der Waals surface area contributed by atoms with E-state index in [1.54, 1.807) is 6.92 Å². The van der Waals surface area contributed by atoms with Gasteiger partial charge in [-0.15, -0.1) is 0 Å².